The molecule has 4 heteroatoms. The molecule has 0 saturated carbocycles. The molecule has 1 aromatic carbocycles. The summed E-state index contributed by atoms with van der Waals surface area (Å²) < 4.78 is 0.979. The Bertz CT molecular complexity index is 433. The Morgan fingerprint density at radius 2 is 1.83 bits per heavy atom. The highest BCUT2D eigenvalue weighted by Gasteiger charge is 2.07. The predicted octanol–water partition coefficient (Wildman–Crippen LogP) is 1.65. The van der Waals surface area contributed by atoms with Gasteiger partial charge in [-0.2, -0.15) is 0 Å². The van der Waals surface area contributed by atoms with E-state index in [0.717, 1.165) is 15.8 Å². The van der Waals surface area contributed by atoms with Crippen LogP contribution in [0.3, 0.4) is 0 Å². The average molecular weight is 179 g/mol. The Labute approximate surface area is 73.8 Å². The lowest BCUT2D eigenvalue weighted by Crippen LogP contribution is -1.88. The van der Waals surface area contributed by atoms with E-state index in [9.17, 15) is 0 Å². The van der Waals surface area contributed by atoms with E-state index in [1.807, 2.05) is 18.2 Å². The Hall–Kier alpha value is -1.42. The van der Waals surface area contributed by atoms with E-state index in [1.165, 1.54) is 11.3 Å². The van der Waals surface area contributed by atoms with Crippen molar-refractivity contribution in [2.75, 3.05) is 17.2 Å². The van der Waals surface area contributed by atoms with Crippen molar-refractivity contribution in [3.05, 3.63) is 18.2 Å². The fourth-order valence-electron chi connectivity index (χ4n) is 1.18. The van der Waals surface area contributed by atoms with Crippen LogP contribution in [0.2, 0.25) is 0 Å². The highest BCUT2D eigenvalue weighted by molar-refractivity contribution is 7.24. The number of benzene rings is 1. The van der Waals surface area contributed by atoms with Crippen LogP contribution in [-0.2, 0) is 0 Å². The Balaban J connectivity index is 2.95. The van der Waals surface area contributed by atoms with Crippen molar-refractivity contribution in [2.24, 2.45) is 0 Å². The fraction of sp³-hybridized carbons (Fsp3) is 0. The van der Waals surface area contributed by atoms with Crippen molar-refractivity contribution >= 4 is 37.8 Å². The van der Waals surface area contributed by atoms with Crippen molar-refractivity contribution < 1.29 is 0 Å². The van der Waals surface area contributed by atoms with E-state index < -0.39 is 0 Å². The molecule has 0 fully saturated rings. The van der Waals surface area contributed by atoms with Gasteiger partial charge in [-0.25, -0.2) is 0 Å². The van der Waals surface area contributed by atoms with Crippen LogP contribution in [0.25, 0.3) is 10.1 Å². The zero-order chi connectivity index (χ0) is 8.72. The normalized spacial score (nSPS) is 10.7. The van der Waals surface area contributed by atoms with Gasteiger partial charge in [0.2, 0.25) is 0 Å². The van der Waals surface area contributed by atoms with Crippen LogP contribution in [0.1, 0.15) is 0 Å². The monoisotopic (exact) mass is 179 g/mol. The molecule has 0 unspecified atom stereocenters. The van der Waals surface area contributed by atoms with Crippen molar-refractivity contribution in [2.45, 2.75) is 0 Å². The second kappa shape index (κ2) is 2.28. The van der Waals surface area contributed by atoms with Crippen molar-refractivity contribution in [1.29, 1.82) is 0 Å². The molecule has 12 heavy (non-hydrogen) atoms. The molecule has 0 bridgehead atoms. The summed E-state index contributed by atoms with van der Waals surface area (Å²) in [5.41, 5.74) is 18.5. The zero-order valence-corrected chi connectivity index (χ0v) is 7.19. The van der Waals surface area contributed by atoms with Crippen LogP contribution in [-0.4, -0.2) is 0 Å². The molecule has 1 heterocycles. The Kier molecular flexibility index (Phi) is 1.38. The van der Waals surface area contributed by atoms with Gasteiger partial charge in [0.25, 0.3) is 0 Å². The van der Waals surface area contributed by atoms with Gasteiger partial charge >= 0.3 is 0 Å². The van der Waals surface area contributed by atoms with Gasteiger partial charge in [-0.05, 0) is 6.07 Å². The molecule has 6 N–H and O–H groups in total. The maximum atomic E-state index is 5.74. The highest BCUT2D eigenvalue weighted by Crippen LogP contribution is 2.38. The number of anilines is 3. The number of rotatable bonds is 0. The molecule has 0 atom stereocenters. The minimum Gasteiger partial charge on any atom is -0.398 e. The molecule has 2 aromatic rings. The largest absolute Gasteiger partial charge is 0.398 e. The zero-order valence-electron chi connectivity index (χ0n) is 6.37. The third-order valence-corrected chi connectivity index (χ3v) is 2.91. The van der Waals surface area contributed by atoms with Gasteiger partial charge in [-0.15, -0.1) is 11.3 Å². The number of thiophene rings is 1. The van der Waals surface area contributed by atoms with Crippen LogP contribution < -0.4 is 17.2 Å². The molecule has 0 saturated heterocycles. The SMILES string of the molecule is Nc1sc2c(N)cccc2c1N. The second-order valence-electron chi connectivity index (χ2n) is 2.60. The average Bonchev–Trinajstić information content (AvgIpc) is 2.32. The Morgan fingerprint density at radius 3 is 2.50 bits per heavy atom. The lowest BCUT2D eigenvalue weighted by molar-refractivity contribution is 1.79. The highest BCUT2D eigenvalue weighted by atomic mass is 32.1. The second-order valence-corrected chi connectivity index (χ2v) is 3.66. The van der Waals surface area contributed by atoms with Crippen LogP contribution >= 0.6 is 11.3 Å². The quantitative estimate of drug-likeness (QED) is 0.538. The summed E-state index contributed by atoms with van der Waals surface area (Å²) in [6, 6.07) is 5.64. The van der Waals surface area contributed by atoms with Gasteiger partial charge in [0.15, 0.2) is 0 Å². The molecular formula is C8H9N3S. The summed E-state index contributed by atoms with van der Waals surface area (Å²) in [6.07, 6.45) is 0. The van der Waals surface area contributed by atoms with Gasteiger partial charge in [-0.3, -0.25) is 0 Å². The van der Waals surface area contributed by atoms with Crippen LogP contribution in [0, 0.1) is 0 Å². The molecule has 2 rings (SSSR count). The molecule has 0 aliphatic rings. The summed E-state index contributed by atoms with van der Waals surface area (Å²) in [4.78, 5) is 0. The van der Waals surface area contributed by atoms with Crippen LogP contribution in [0.5, 0.6) is 0 Å². The summed E-state index contributed by atoms with van der Waals surface area (Å²) in [6.45, 7) is 0. The molecule has 3 nitrogen and oxygen atoms in total. The number of nitrogens with two attached hydrogens (primary N) is 3. The summed E-state index contributed by atoms with van der Waals surface area (Å²) in [5, 5.41) is 1.60. The van der Waals surface area contributed by atoms with Gasteiger partial charge in [0, 0.05) is 11.1 Å². The third kappa shape index (κ3) is 0.816. The summed E-state index contributed by atoms with van der Waals surface area (Å²) in [7, 11) is 0. The molecule has 1 aromatic heterocycles. The van der Waals surface area contributed by atoms with Gasteiger partial charge in [-0.1, -0.05) is 12.1 Å². The molecule has 0 aliphatic heterocycles. The fourth-order valence-corrected chi connectivity index (χ4v) is 2.09. The minimum absolute atomic E-state index is 0.641. The van der Waals surface area contributed by atoms with E-state index in [0.29, 0.717) is 10.7 Å². The first-order valence-electron chi connectivity index (χ1n) is 3.52. The van der Waals surface area contributed by atoms with E-state index in [-0.39, 0.29) is 0 Å². The maximum absolute atomic E-state index is 5.74. The van der Waals surface area contributed by atoms with Crippen molar-refractivity contribution in [1.82, 2.24) is 0 Å². The molecule has 0 spiro atoms. The third-order valence-electron chi connectivity index (χ3n) is 1.81. The molecule has 0 amide bonds. The predicted molar refractivity (Wildman–Crippen MR) is 55.1 cm³/mol. The first-order chi connectivity index (χ1) is 5.70. The number of hydrogen-bond donors (Lipinski definition) is 3. The van der Waals surface area contributed by atoms with E-state index in [2.05, 4.69) is 0 Å². The summed E-state index contributed by atoms with van der Waals surface area (Å²) in [5.74, 6) is 0. The summed E-state index contributed by atoms with van der Waals surface area (Å²) >= 11 is 1.43. The van der Waals surface area contributed by atoms with Crippen molar-refractivity contribution in [3.63, 3.8) is 0 Å². The molecule has 0 aliphatic carbocycles. The van der Waals surface area contributed by atoms with E-state index in [4.69, 9.17) is 17.2 Å². The topological polar surface area (TPSA) is 78.1 Å². The van der Waals surface area contributed by atoms with Crippen LogP contribution in [0.15, 0.2) is 18.2 Å². The number of hydrogen-bond acceptors (Lipinski definition) is 4. The Morgan fingerprint density at radius 1 is 1.08 bits per heavy atom. The van der Waals surface area contributed by atoms with E-state index >= 15 is 0 Å². The lowest BCUT2D eigenvalue weighted by atomic mass is 10.2. The maximum Gasteiger partial charge on any atom is 0.110 e. The minimum atomic E-state index is 0.641. The number of fused-ring (bicyclic) bond motifs is 1. The first-order valence-corrected chi connectivity index (χ1v) is 4.33. The first kappa shape index (κ1) is 7.24. The standard InChI is InChI=1S/C8H9N3S/c9-5-3-1-2-4-6(10)8(11)12-7(4)5/h1-3H,9-11H2. The molecular weight excluding hydrogens is 170 g/mol. The molecule has 0 radical (unpaired) electrons. The molecule has 62 valence electrons. The lowest BCUT2D eigenvalue weighted by Gasteiger charge is -1.93. The van der Waals surface area contributed by atoms with E-state index in [1.54, 1.807) is 0 Å². The smallest absolute Gasteiger partial charge is 0.110 e. The van der Waals surface area contributed by atoms with Crippen LogP contribution in [0.4, 0.5) is 16.4 Å². The number of nitrogen functional groups attached to an aromatic ring is 3. The van der Waals surface area contributed by atoms with Gasteiger partial charge in [0.05, 0.1) is 10.4 Å². The van der Waals surface area contributed by atoms with Gasteiger partial charge in [0.1, 0.15) is 5.00 Å². The van der Waals surface area contributed by atoms with Crippen molar-refractivity contribution in [3.8, 4) is 0 Å². The van der Waals surface area contributed by atoms with Gasteiger partial charge < -0.3 is 17.2 Å².